The van der Waals surface area contributed by atoms with Gasteiger partial charge in [-0.3, -0.25) is 18.1 Å². The fourth-order valence-electron chi connectivity index (χ4n) is 12.8. The molecule has 0 heterocycles. The molecular formula is C80H173Na2O30P5. The van der Waals surface area contributed by atoms with Crippen LogP contribution >= 0.6 is 39.1 Å². The molecule has 700 valence electrons. The minimum Gasteiger partial charge on any atom is -0.790 e. The van der Waals surface area contributed by atoms with Crippen LogP contribution in [0, 0.1) is 0 Å². The van der Waals surface area contributed by atoms with Crippen molar-refractivity contribution in [2.45, 2.75) is 481 Å². The zero-order chi connectivity index (χ0) is 87.0. The maximum Gasteiger partial charge on any atom is 1.00 e. The Morgan fingerprint density at radius 2 is 0.248 bits per heavy atom. The van der Waals surface area contributed by atoms with Gasteiger partial charge in [0, 0.05) is 0 Å². The fourth-order valence-corrected chi connectivity index (χ4v) is 14.6. The molecule has 0 saturated heterocycles. The summed E-state index contributed by atoms with van der Waals surface area (Å²) in [5, 5.41) is 87.1. The standard InChI is InChI=1S/5C16H35O6P.2Na/c5*17-16(18)14-12-10-8-6-4-2-1-3-5-7-9-11-13-15-22-23(19,20)21;;/h5*16-18H,1-15H2,(H2,19,20,21);;/q;;;;;2*+1/p-2. The van der Waals surface area contributed by atoms with Crippen LogP contribution in [0.1, 0.15) is 449 Å². The molecule has 37 heteroatoms. The summed E-state index contributed by atoms with van der Waals surface area (Å²) in [7, 11) is -21.9. The van der Waals surface area contributed by atoms with Gasteiger partial charge in [-0.05, 0) is 96.3 Å². The van der Waals surface area contributed by atoms with E-state index in [2.05, 4.69) is 22.6 Å². The molecule has 0 aromatic carbocycles. The number of rotatable bonds is 85. The molecule has 0 aliphatic rings. The van der Waals surface area contributed by atoms with Crippen molar-refractivity contribution < 1.29 is 205 Å². The molecule has 0 saturated carbocycles. The molecule has 0 aliphatic heterocycles. The average molecular weight is 1820 g/mol. The van der Waals surface area contributed by atoms with Crippen molar-refractivity contribution in [1.82, 2.24) is 0 Å². The van der Waals surface area contributed by atoms with Crippen molar-refractivity contribution in [3.05, 3.63) is 0 Å². The van der Waals surface area contributed by atoms with E-state index >= 15 is 0 Å². The molecule has 30 nitrogen and oxygen atoms in total. The van der Waals surface area contributed by atoms with Gasteiger partial charge >= 0.3 is 90.4 Å². The zero-order valence-corrected chi connectivity index (χ0v) is 81.6. The monoisotopic (exact) mass is 1820 g/mol. The Balaban J connectivity index is -0.000000257. The van der Waals surface area contributed by atoms with Gasteiger partial charge < -0.3 is 109 Å². The van der Waals surface area contributed by atoms with Crippen LogP contribution in [0.3, 0.4) is 0 Å². The molecule has 0 amide bonds. The molecule has 0 radical (unpaired) electrons. The van der Waals surface area contributed by atoms with E-state index in [0.29, 0.717) is 64.2 Å². The molecule has 0 aliphatic carbocycles. The summed E-state index contributed by atoms with van der Waals surface area (Å²) >= 11 is 0. The van der Waals surface area contributed by atoms with Crippen LogP contribution in [0.5, 0.6) is 0 Å². The second kappa shape index (κ2) is 100. The van der Waals surface area contributed by atoms with Crippen molar-refractivity contribution >= 4 is 39.1 Å². The fraction of sp³-hybridized carbons (Fsp3) is 1.00. The first-order valence-corrected chi connectivity index (χ1v) is 52.4. The Kier molecular flexibility index (Phi) is 113. The molecule has 117 heavy (non-hydrogen) atoms. The molecule has 0 spiro atoms. The van der Waals surface area contributed by atoms with Crippen LogP contribution in [0.25, 0.3) is 0 Å². The van der Waals surface area contributed by atoms with E-state index in [1.807, 2.05) is 0 Å². The summed E-state index contributed by atoms with van der Waals surface area (Å²) in [6, 6.07) is 0. The van der Waals surface area contributed by atoms with Gasteiger partial charge in [-0.1, -0.05) is 353 Å². The van der Waals surface area contributed by atoms with Crippen molar-refractivity contribution in [1.29, 1.82) is 0 Å². The summed E-state index contributed by atoms with van der Waals surface area (Å²) < 4.78 is 73.7. The van der Waals surface area contributed by atoms with Crippen LogP contribution in [-0.2, 0) is 45.4 Å². The Morgan fingerprint density at radius 1 is 0.162 bits per heavy atom. The van der Waals surface area contributed by atoms with Gasteiger partial charge in [0.1, 0.15) is 0 Å². The number of phosphoric acid groups is 5. The maximum absolute atomic E-state index is 10.4. The predicted octanol–water partition coefficient (Wildman–Crippen LogP) is 12.1. The van der Waals surface area contributed by atoms with Gasteiger partial charge in [-0.25, -0.2) is 18.3 Å². The Labute approximate surface area is 752 Å². The second-order valence-electron chi connectivity index (χ2n) is 30.9. The van der Waals surface area contributed by atoms with Crippen LogP contribution < -0.4 is 68.9 Å². The summed E-state index contributed by atoms with van der Waals surface area (Å²) in [6.45, 7) is 0.577. The van der Waals surface area contributed by atoms with E-state index < -0.39 is 70.6 Å². The smallest absolute Gasteiger partial charge is 0.790 e. The molecule has 0 bridgehead atoms. The molecule has 0 fully saturated rings. The third-order valence-corrected chi connectivity index (χ3v) is 21.9. The quantitative estimate of drug-likeness (QED) is 0.0116. The number of phosphoric ester groups is 5. The van der Waals surface area contributed by atoms with Crippen LogP contribution in [0.15, 0.2) is 0 Å². The van der Waals surface area contributed by atoms with Gasteiger partial charge in [-0.15, -0.1) is 0 Å². The number of aliphatic hydroxyl groups excluding tert-OH is 5. The number of unbranched alkanes of at least 4 members (excludes halogenated alkanes) is 60. The molecule has 0 aromatic heterocycles. The Morgan fingerprint density at radius 3 is 0.333 bits per heavy atom. The van der Waals surface area contributed by atoms with Crippen LogP contribution in [-0.4, -0.2) is 155 Å². The van der Waals surface area contributed by atoms with Gasteiger partial charge in [0.2, 0.25) is 0 Å². The molecule has 0 atom stereocenters. The maximum atomic E-state index is 10.4. The van der Waals surface area contributed by atoms with Gasteiger partial charge in [0.25, 0.3) is 0 Å². The molecule has 0 unspecified atom stereocenters. The Bertz CT molecular complexity index is 1810. The van der Waals surface area contributed by atoms with Gasteiger partial charge in [0.15, 0.2) is 31.5 Å². The third kappa shape index (κ3) is 153. The summed E-state index contributed by atoms with van der Waals surface area (Å²) in [4.78, 5) is 88.5. The van der Waals surface area contributed by atoms with E-state index in [1.165, 1.54) is 250 Å². The van der Waals surface area contributed by atoms with E-state index in [4.69, 9.17) is 90.2 Å². The van der Waals surface area contributed by atoms with Crippen molar-refractivity contribution in [2.75, 3.05) is 33.0 Å². The van der Waals surface area contributed by atoms with Crippen LogP contribution in [0.4, 0.5) is 0 Å². The van der Waals surface area contributed by atoms with E-state index in [-0.39, 0.29) is 92.1 Å². The average Bonchev–Trinajstić information content (AvgIpc) is 1.01. The van der Waals surface area contributed by atoms with Crippen molar-refractivity contribution in [3.63, 3.8) is 0 Å². The third-order valence-electron chi connectivity index (χ3n) is 19.3. The topological polar surface area (TPSA) is 542 Å². The Hall–Kier alpha value is 2.15. The molecule has 0 aromatic rings. The first-order valence-electron chi connectivity index (χ1n) is 44.9. The summed E-state index contributed by atoms with van der Waals surface area (Å²) in [6.07, 6.45) is 69.7. The molecular weight excluding hydrogens is 1640 g/mol. The number of aliphatic hydroxyl groups is 10. The van der Waals surface area contributed by atoms with E-state index in [0.717, 1.165) is 135 Å². The van der Waals surface area contributed by atoms with E-state index in [1.54, 1.807) is 0 Å². The largest absolute Gasteiger partial charge is 1.00 e. The SMILES string of the molecule is O=P(O)(O)OCCCCCCCCCCCCCCCC(O)O.O=P(O)(O)OCCCCCCCCCCCCCCCC(O)O.O=P(O)(O)OCCCCCCCCCCCCCCCC(O)O.O=P(O)(O)OCCCCCCCCCCCCCCCC(O)O.O=P([O-])([O-])OCCCCCCCCCCCCCCCC(O)O.[Na+].[Na+]. The normalized spacial score (nSPS) is 12.0. The second-order valence-corrected chi connectivity index (χ2v) is 37.0. The van der Waals surface area contributed by atoms with Gasteiger partial charge in [-0.2, -0.15) is 0 Å². The zero-order valence-electron chi connectivity index (χ0n) is 73.1. The minimum atomic E-state index is -4.78. The van der Waals surface area contributed by atoms with Gasteiger partial charge in [0.05, 0.1) is 40.9 Å². The molecule has 0 rings (SSSR count). The number of hydrogen-bond donors (Lipinski definition) is 18. The van der Waals surface area contributed by atoms with Crippen molar-refractivity contribution in [3.8, 4) is 0 Å². The van der Waals surface area contributed by atoms with E-state index in [9.17, 15) is 32.6 Å². The predicted molar refractivity (Wildman–Crippen MR) is 450 cm³/mol. The first-order chi connectivity index (χ1) is 54.6. The summed E-state index contributed by atoms with van der Waals surface area (Å²) in [5.74, 6) is 0. The van der Waals surface area contributed by atoms with Crippen molar-refractivity contribution in [2.24, 2.45) is 0 Å². The van der Waals surface area contributed by atoms with Crippen LogP contribution in [0.2, 0.25) is 0 Å². The minimum absolute atomic E-state index is 0. The summed E-state index contributed by atoms with van der Waals surface area (Å²) in [5.41, 5.74) is 0. The first kappa shape index (κ1) is 132. The molecule has 18 N–H and O–H groups in total. The number of hydrogen-bond acceptors (Lipinski definition) is 22.